The van der Waals surface area contributed by atoms with E-state index in [-0.39, 0.29) is 42.7 Å². The minimum Gasteiger partial charge on any atom is -0.352 e. The molecule has 1 aromatic heterocycles. The number of carbonyl (C=O) groups is 2. The maximum atomic E-state index is 12.6. The van der Waals surface area contributed by atoms with Crippen LogP contribution >= 0.6 is 24.8 Å². The van der Waals surface area contributed by atoms with E-state index in [1.54, 1.807) is 17.9 Å². The van der Waals surface area contributed by atoms with E-state index in [4.69, 9.17) is 0 Å². The molecule has 3 rings (SSSR count). The highest BCUT2D eigenvalue weighted by atomic mass is 35.5. The number of carbonyl (C=O) groups excluding carboxylic acids is 2. The number of hydrogen-bond donors (Lipinski definition) is 3. The van der Waals surface area contributed by atoms with Crippen molar-refractivity contribution in [3.63, 3.8) is 0 Å². The van der Waals surface area contributed by atoms with Gasteiger partial charge in [-0.05, 0) is 32.0 Å². The number of nitrogens with zero attached hydrogens (tertiary/aromatic N) is 3. The van der Waals surface area contributed by atoms with Crippen molar-refractivity contribution in [2.45, 2.75) is 24.9 Å². The highest BCUT2D eigenvalue weighted by Crippen LogP contribution is 2.15. The van der Waals surface area contributed by atoms with E-state index < -0.39 is 6.04 Å². The molecule has 1 saturated heterocycles. The molecule has 10 heteroatoms. The summed E-state index contributed by atoms with van der Waals surface area (Å²) in [4.78, 5) is 26.9. The minimum atomic E-state index is -0.414. The number of likely N-dealkylation sites (tertiary alicyclic amines) is 1. The fourth-order valence-corrected chi connectivity index (χ4v) is 3.48. The third-order valence-corrected chi connectivity index (χ3v) is 4.97. The number of likely N-dealkylation sites (N-methyl/N-ethyl adjacent to an activating group) is 1. The Bertz CT molecular complexity index is 794. The number of anilines is 1. The van der Waals surface area contributed by atoms with Crippen LogP contribution in [0.4, 0.5) is 5.69 Å². The van der Waals surface area contributed by atoms with Gasteiger partial charge in [0.1, 0.15) is 6.04 Å². The molecule has 8 nitrogen and oxygen atoms in total. The molecule has 2 amide bonds. The van der Waals surface area contributed by atoms with Crippen molar-refractivity contribution in [1.82, 2.24) is 25.3 Å². The third kappa shape index (κ3) is 7.28. The van der Waals surface area contributed by atoms with Crippen LogP contribution in [-0.2, 0) is 16.6 Å². The number of aryl methyl sites for hydroxylation is 1. The van der Waals surface area contributed by atoms with E-state index in [1.165, 1.54) is 0 Å². The Morgan fingerprint density at radius 1 is 1.17 bits per heavy atom. The molecular formula is C20H30Cl2N6O2. The van der Waals surface area contributed by atoms with Gasteiger partial charge < -0.3 is 16.0 Å². The molecule has 1 aliphatic rings. The highest BCUT2D eigenvalue weighted by Gasteiger charge is 2.26. The van der Waals surface area contributed by atoms with Crippen molar-refractivity contribution >= 4 is 42.3 Å². The van der Waals surface area contributed by atoms with Gasteiger partial charge in [0.15, 0.2) is 0 Å². The number of piperidine rings is 1. The van der Waals surface area contributed by atoms with Crippen LogP contribution in [0, 0.1) is 0 Å². The monoisotopic (exact) mass is 456 g/mol. The summed E-state index contributed by atoms with van der Waals surface area (Å²) in [7, 11) is 3.60. The standard InChI is InChI=1S/C20H28N6O2.2ClH/c1-21-19(15-12-22-25(2)13-15)20(28)24-17-8-10-26(11-9-17)14-18(27)23-16-6-4-3-5-7-16;;/h3-7,12-13,17,19,21H,8-11,14H2,1-2H3,(H,23,27)(H,24,28);2*1H. The van der Waals surface area contributed by atoms with Gasteiger partial charge in [-0.2, -0.15) is 5.10 Å². The Labute approximate surface area is 189 Å². The first-order chi connectivity index (χ1) is 13.5. The van der Waals surface area contributed by atoms with Crippen LogP contribution < -0.4 is 16.0 Å². The zero-order valence-corrected chi connectivity index (χ0v) is 18.8. The molecule has 2 aromatic rings. The number of benzene rings is 1. The third-order valence-electron chi connectivity index (χ3n) is 4.97. The van der Waals surface area contributed by atoms with Crippen molar-refractivity contribution in [1.29, 1.82) is 0 Å². The van der Waals surface area contributed by atoms with Crippen LogP contribution in [0.2, 0.25) is 0 Å². The Morgan fingerprint density at radius 2 is 1.83 bits per heavy atom. The van der Waals surface area contributed by atoms with Crippen LogP contribution in [0.25, 0.3) is 0 Å². The van der Waals surface area contributed by atoms with Crippen LogP contribution in [0.1, 0.15) is 24.4 Å². The highest BCUT2D eigenvalue weighted by molar-refractivity contribution is 5.92. The molecule has 3 N–H and O–H groups in total. The number of aromatic nitrogens is 2. The molecule has 2 heterocycles. The van der Waals surface area contributed by atoms with E-state index in [1.807, 2.05) is 43.6 Å². The number of hydrogen-bond acceptors (Lipinski definition) is 5. The zero-order chi connectivity index (χ0) is 19.9. The second kappa shape index (κ2) is 12.5. The molecule has 1 aromatic carbocycles. The summed E-state index contributed by atoms with van der Waals surface area (Å²) in [5.41, 5.74) is 1.65. The molecule has 0 spiro atoms. The molecular weight excluding hydrogens is 427 g/mol. The lowest BCUT2D eigenvalue weighted by Gasteiger charge is -2.32. The maximum absolute atomic E-state index is 12.6. The van der Waals surface area contributed by atoms with Crippen LogP contribution in [-0.4, -0.2) is 59.2 Å². The SMILES string of the molecule is CNC(C(=O)NC1CCN(CC(=O)Nc2ccccc2)CC1)c1cnn(C)c1.Cl.Cl. The first kappa shape index (κ1) is 25.9. The minimum absolute atomic E-state index is 0. The van der Waals surface area contributed by atoms with E-state index in [2.05, 4.69) is 25.9 Å². The summed E-state index contributed by atoms with van der Waals surface area (Å²) in [6.07, 6.45) is 5.20. The summed E-state index contributed by atoms with van der Waals surface area (Å²) < 4.78 is 1.69. The molecule has 1 atom stereocenters. The van der Waals surface area contributed by atoms with Gasteiger partial charge in [-0.15, -0.1) is 24.8 Å². The summed E-state index contributed by atoms with van der Waals surface area (Å²) in [5, 5.41) is 13.2. The van der Waals surface area contributed by atoms with Gasteiger partial charge in [-0.3, -0.25) is 19.2 Å². The molecule has 0 radical (unpaired) electrons. The lowest BCUT2D eigenvalue weighted by atomic mass is 10.0. The fourth-order valence-electron chi connectivity index (χ4n) is 3.48. The summed E-state index contributed by atoms with van der Waals surface area (Å²) in [6.45, 7) is 1.93. The van der Waals surface area contributed by atoms with E-state index in [9.17, 15) is 9.59 Å². The zero-order valence-electron chi connectivity index (χ0n) is 17.2. The number of amides is 2. The normalized spacial score (nSPS) is 15.4. The quantitative estimate of drug-likeness (QED) is 0.590. The number of para-hydroxylation sites is 1. The average Bonchev–Trinajstić information content (AvgIpc) is 3.10. The van der Waals surface area contributed by atoms with Gasteiger partial charge in [0.2, 0.25) is 11.8 Å². The molecule has 1 fully saturated rings. The second-order valence-electron chi connectivity index (χ2n) is 7.14. The van der Waals surface area contributed by atoms with Crippen molar-refractivity contribution in [3.05, 3.63) is 48.3 Å². The lowest BCUT2D eigenvalue weighted by molar-refractivity contribution is -0.124. The van der Waals surface area contributed by atoms with Gasteiger partial charge >= 0.3 is 0 Å². The Hall–Kier alpha value is -2.13. The van der Waals surface area contributed by atoms with Gasteiger partial charge in [0, 0.05) is 43.6 Å². The van der Waals surface area contributed by atoms with Crippen LogP contribution in [0.3, 0.4) is 0 Å². The Kier molecular flexibility index (Phi) is 10.8. The van der Waals surface area contributed by atoms with Crippen molar-refractivity contribution < 1.29 is 9.59 Å². The Balaban J connectivity index is 0.00000225. The van der Waals surface area contributed by atoms with Crippen LogP contribution in [0.5, 0.6) is 0 Å². The first-order valence-corrected chi connectivity index (χ1v) is 9.58. The fraction of sp³-hybridized carbons (Fsp3) is 0.450. The lowest BCUT2D eigenvalue weighted by Crippen LogP contribution is -2.48. The van der Waals surface area contributed by atoms with Crippen molar-refractivity contribution in [2.75, 3.05) is 32.0 Å². The molecule has 166 valence electrons. The van der Waals surface area contributed by atoms with Crippen LogP contribution in [0.15, 0.2) is 42.7 Å². The molecule has 1 aliphatic heterocycles. The van der Waals surface area contributed by atoms with Gasteiger partial charge in [-0.1, -0.05) is 18.2 Å². The predicted octanol–water partition coefficient (Wildman–Crippen LogP) is 1.74. The predicted molar refractivity (Wildman–Crippen MR) is 122 cm³/mol. The topological polar surface area (TPSA) is 91.3 Å². The van der Waals surface area contributed by atoms with Crippen molar-refractivity contribution in [2.24, 2.45) is 7.05 Å². The summed E-state index contributed by atoms with van der Waals surface area (Å²) in [6, 6.07) is 9.17. The molecule has 0 aliphatic carbocycles. The largest absolute Gasteiger partial charge is 0.352 e. The summed E-state index contributed by atoms with van der Waals surface area (Å²) >= 11 is 0. The molecule has 30 heavy (non-hydrogen) atoms. The number of halogens is 2. The van der Waals surface area contributed by atoms with Gasteiger partial charge in [0.25, 0.3) is 0 Å². The second-order valence-corrected chi connectivity index (χ2v) is 7.14. The number of rotatable bonds is 7. The van der Waals surface area contributed by atoms with Gasteiger partial charge in [0.05, 0.1) is 12.7 Å². The summed E-state index contributed by atoms with van der Waals surface area (Å²) in [5.74, 6) is -0.0590. The molecule has 0 bridgehead atoms. The van der Waals surface area contributed by atoms with Gasteiger partial charge in [-0.25, -0.2) is 0 Å². The molecule has 0 saturated carbocycles. The Morgan fingerprint density at radius 3 is 2.40 bits per heavy atom. The first-order valence-electron chi connectivity index (χ1n) is 9.58. The van der Waals surface area contributed by atoms with E-state index in [0.717, 1.165) is 37.2 Å². The van der Waals surface area contributed by atoms with E-state index in [0.29, 0.717) is 6.54 Å². The maximum Gasteiger partial charge on any atom is 0.242 e. The van der Waals surface area contributed by atoms with E-state index >= 15 is 0 Å². The number of nitrogens with one attached hydrogen (secondary N) is 3. The molecule has 1 unspecified atom stereocenters. The van der Waals surface area contributed by atoms with Crippen molar-refractivity contribution in [3.8, 4) is 0 Å². The smallest absolute Gasteiger partial charge is 0.242 e. The average molecular weight is 457 g/mol.